The number of carbonyl (C=O) groups is 1. The third-order valence-electron chi connectivity index (χ3n) is 2.65. The van der Waals surface area contributed by atoms with Gasteiger partial charge in [-0.05, 0) is 24.1 Å². The summed E-state index contributed by atoms with van der Waals surface area (Å²) < 4.78 is 0. The lowest BCUT2D eigenvalue weighted by Gasteiger charge is -2.24. The van der Waals surface area contributed by atoms with Gasteiger partial charge >= 0.3 is 6.03 Å². The number of nitrogens with one attached hydrogen (secondary N) is 1. The first kappa shape index (κ1) is 16.1. The quantitative estimate of drug-likeness (QED) is 0.834. The highest BCUT2D eigenvalue weighted by Gasteiger charge is 2.18. The van der Waals surface area contributed by atoms with E-state index in [2.05, 4.69) is 10.3 Å². The summed E-state index contributed by atoms with van der Waals surface area (Å²) in [4.78, 5) is 18.1. The number of hydrogen-bond acceptors (Lipinski definition) is 3. The molecule has 1 aromatic heterocycles. The lowest BCUT2D eigenvalue weighted by molar-refractivity contribution is 0.256. The van der Waals surface area contributed by atoms with Crippen LogP contribution in [-0.2, 0) is 0 Å². The smallest absolute Gasteiger partial charge is 0.294 e. The van der Waals surface area contributed by atoms with E-state index in [0.29, 0.717) is 33.3 Å². The van der Waals surface area contributed by atoms with Crippen LogP contribution in [0, 0.1) is 5.92 Å². The van der Waals surface area contributed by atoms with E-state index in [1.165, 1.54) is 11.3 Å². The van der Waals surface area contributed by atoms with Gasteiger partial charge in [-0.3, -0.25) is 10.2 Å². The summed E-state index contributed by atoms with van der Waals surface area (Å²) in [5.74, 6) is 0.307. The zero-order valence-corrected chi connectivity index (χ0v) is 14.0. The molecule has 21 heavy (non-hydrogen) atoms. The molecule has 0 aliphatic rings. The molecule has 0 unspecified atom stereocenters. The normalized spacial score (nSPS) is 10.7. The van der Waals surface area contributed by atoms with Crippen molar-refractivity contribution in [3.8, 4) is 0 Å². The van der Waals surface area contributed by atoms with Crippen molar-refractivity contribution in [3.63, 3.8) is 0 Å². The van der Waals surface area contributed by atoms with Crippen molar-refractivity contribution < 1.29 is 4.79 Å². The average Bonchev–Trinajstić information content (AvgIpc) is 2.92. The van der Waals surface area contributed by atoms with Crippen molar-refractivity contribution in [2.75, 3.05) is 16.8 Å². The van der Waals surface area contributed by atoms with Gasteiger partial charge in [-0.25, -0.2) is 9.78 Å². The fourth-order valence-corrected chi connectivity index (χ4v) is 2.58. The Hall–Kier alpha value is -1.30. The number of hydrogen-bond donors (Lipinski definition) is 1. The molecule has 2 aromatic rings. The Kier molecular flexibility index (Phi) is 5.45. The number of aromatic nitrogens is 1. The first-order valence-electron chi connectivity index (χ1n) is 6.40. The number of urea groups is 1. The van der Waals surface area contributed by atoms with Crippen LogP contribution in [0.15, 0.2) is 29.8 Å². The summed E-state index contributed by atoms with van der Waals surface area (Å²) in [5, 5.41) is 6.03. The van der Waals surface area contributed by atoms with Crippen LogP contribution >= 0.6 is 34.5 Å². The number of thiazole rings is 1. The SMILES string of the molecule is CC(C)CN(C(=O)Nc1nccs1)c1ccc(Cl)c(Cl)c1. The van der Waals surface area contributed by atoms with E-state index in [1.54, 1.807) is 29.3 Å². The Morgan fingerprint density at radius 2 is 2.14 bits per heavy atom. The monoisotopic (exact) mass is 343 g/mol. The van der Waals surface area contributed by atoms with E-state index in [4.69, 9.17) is 23.2 Å². The minimum atomic E-state index is -0.239. The number of halogens is 2. The van der Waals surface area contributed by atoms with Crippen LogP contribution in [0.3, 0.4) is 0 Å². The number of anilines is 2. The highest BCUT2D eigenvalue weighted by molar-refractivity contribution is 7.13. The molecule has 4 nitrogen and oxygen atoms in total. The molecular formula is C14H15Cl2N3OS. The molecule has 1 aromatic carbocycles. The second-order valence-corrected chi connectivity index (χ2v) is 6.58. The summed E-state index contributed by atoms with van der Waals surface area (Å²) in [7, 11) is 0. The summed E-state index contributed by atoms with van der Waals surface area (Å²) in [5.41, 5.74) is 0.701. The zero-order valence-electron chi connectivity index (χ0n) is 11.6. The van der Waals surface area contributed by atoms with Gasteiger partial charge in [0.2, 0.25) is 0 Å². The van der Waals surface area contributed by atoms with Crippen molar-refractivity contribution in [3.05, 3.63) is 39.8 Å². The Bertz CT molecular complexity index is 617. The standard InChI is InChI=1S/C14H15Cl2N3OS/c1-9(2)8-19(10-3-4-11(15)12(16)7-10)14(20)18-13-17-5-6-21-13/h3-7,9H,8H2,1-2H3,(H,17,18,20). The molecule has 0 saturated heterocycles. The molecule has 2 rings (SSSR count). The fourth-order valence-electron chi connectivity index (χ4n) is 1.77. The van der Waals surface area contributed by atoms with Gasteiger partial charge in [-0.15, -0.1) is 11.3 Å². The van der Waals surface area contributed by atoms with Crippen LogP contribution in [-0.4, -0.2) is 17.6 Å². The van der Waals surface area contributed by atoms with Crippen LogP contribution in [0.2, 0.25) is 10.0 Å². The van der Waals surface area contributed by atoms with Crippen LogP contribution in [0.5, 0.6) is 0 Å². The maximum atomic E-state index is 12.4. The van der Waals surface area contributed by atoms with Crippen LogP contribution in [0.1, 0.15) is 13.8 Å². The lowest BCUT2D eigenvalue weighted by atomic mass is 10.2. The summed E-state index contributed by atoms with van der Waals surface area (Å²) in [6, 6.07) is 4.91. The molecule has 0 aliphatic heterocycles. The minimum Gasteiger partial charge on any atom is -0.294 e. The molecule has 1 N–H and O–H groups in total. The molecule has 0 atom stereocenters. The van der Waals surface area contributed by atoms with Crippen LogP contribution < -0.4 is 10.2 Å². The molecule has 0 spiro atoms. The Morgan fingerprint density at radius 3 is 2.71 bits per heavy atom. The Labute approximate surface area is 137 Å². The van der Waals surface area contributed by atoms with Gasteiger partial charge in [-0.2, -0.15) is 0 Å². The molecular weight excluding hydrogens is 329 g/mol. The van der Waals surface area contributed by atoms with Gasteiger partial charge in [-0.1, -0.05) is 37.0 Å². The first-order valence-corrected chi connectivity index (χ1v) is 8.04. The van der Waals surface area contributed by atoms with E-state index < -0.39 is 0 Å². The largest absolute Gasteiger partial charge is 0.328 e. The maximum Gasteiger partial charge on any atom is 0.328 e. The fraction of sp³-hybridized carbons (Fsp3) is 0.286. The zero-order chi connectivity index (χ0) is 15.4. The molecule has 0 bridgehead atoms. The van der Waals surface area contributed by atoms with Crippen molar-refractivity contribution >= 4 is 51.4 Å². The minimum absolute atomic E-state index is 0.239. The third kappa shape index (κ3) is 4.33. The van der Waals surface area contributed by atoms with E-state index in [-0.39, 0.29) is 6.03 Å². The van der Waals surface area contributed by atoms with E-state index in [0.717, 1.165) is 0 Å². The summed E-state index contributed by atoms with van der Waals surface area (Å²) in [6.07, 6.45) is 1.65. The summed E-state index contributed by atoms with van der Waals surface area (Å²) >= 11 is 13.3. The number of rotatable bonds is 4. The number of carbonyl (C=O) groups excluding carboxylic acids is 1. The van der Waals surface area contributed by atoms with Crippen LogP contribution in [0.25, 0.3) is 0 Å². The highest BCUT2D eigenvalue weighted by Crippen LogP contribution is 2.28. The van der Waals surface area contributed by atoms with Gasteiger partial charge in [0.1, 0.15) is 0 Å². The van der Waals surface area contributed by atoms with Crippen LogP contribution in [0.4, 0.5) is 15.6 Å². The van der Waals surface area contributed by atoms with E-state index >= 15 is 0 Å². The topological polar surface area (TPSA) is 45.2 Å². The Balaban J connectivity index is 2.24. The lowest BCUT2D eigenvalue weighted by Crippen LogP contribution is -2.37. The third-order valence-corrected chi connectivity index (χ3v) is 4.08. The van der Waals surface area contributed by atoms with Crippen molar-refractivity contribution in [2.24, 2.45) is 5.92 Å². The number of benzene rings is 1. The second-order valence-electron chi connectivity index (χ2n) is 4.87. The van der Waals surface area contributed by atoms with Gasteiger partial charge in [0.25, 0.3) is 0 Å². The van der Waals surface area contributed by atoms with E-state index in [9.17, 15) is 4.79 Å². The van der Waals surface area contributed by atoms with Gasteiger partial charge in [0.05, 0.1) is 10.0 Å². The summed E-state index contributed by atoms with van der Waals surface area (Å²) in [6.45, 7) is 4.65. The highest BCUT2D eigenvalue weighted by atomic mass is 35.5. The van der Waals surface area contributed by atoms with Gasteiger partial charge in [0.15, 0.2) is 5.13 Å². The molecule has 112 valence electrons. The van der Waals surface area contributed by atoms with Gasteiger partial charge < -0.3 is 0 Å². The molecule has 7 heteroatoms. The molecule has 2 amide bonds. The van der Waals surface area contributed by atoms with Crippen molar-refractivity contribution in [2.45, 2.75) is 13.8 Å². The average molecular weight is 344 g/mol. The molecule has 1 heterocycles. The molecule has 0 fully saturated rings. The molecule has 0 radical (unpaired) electrons. The number of nitrogens with zero attached hydrogens (tertiary/aromatic N) is 2. The first-order chi connectivity index (χ1) is 9.97. The number of amides is 2. The van der Waals surface area contributed by atoms with Gasteiger partial charge in [0, 0.05) is 23.8 Å². The predicted octanol–water partition coefficient (Wildman–Crippen LogP) is 5.14. The maximum absolute atomic E-state index is 12.4. The van der Waals surface area contributed by atoms with Crippen molar-refractivity contribution in [1.82, 2.24) is 4.98 Å². The van der Waals surface area contributed by atoms with Crippen molar-refractivity contribution in [1.29, 1.82) is 0 Å². The molecule has 0 aliphatic carbocycles. The van der Waals surface area contributed by atoms with E-state index in [1.807, 2.05) is 19.2 Å². The second kappa shape index (κ2) is 7.11. The predicted molar refractivity (Wildman–Crippen MR) is 89.8 cm³/mol. The Morgan fingerprint density at radius 1 is 1.38 bits per heavy atom. The molecule has 0 saturated carbocycles.